The zero-order valence-electron chi connectivity index (χ0n) is 11.4. The molecule has 2 N–H and O–H groups in total. The fourth-order valence-electron chi connectivity index (χ4n) is 1.77. The summed E-state index contributed by atoms with van der Waals surface area (Å²) in [6.45, 7) is 3.15. The van der Waals surface area contributed by atoms with Crippen LogP contribution >= 0.6 is 0 Å². The van der Waals surface area contributed by atoms with Gasteiger partial charge in [-0.2, -0.15) is 0 Å². The average Bonchev–Trinajstić information content (AvgIpc) is 2.70. The van der Waals surface area contributed by atoms with Crippen LogP contribution in [0.5, 0.6) is 0 Å². The van der Waals surface area contributed by atoms with Crippen LogP contribution in [0.4, 0.5) is 0 Å². The van der Waals surface area contributed by atoms with Gasteiger partial charge in [0.1, 0.15) is 5.41 Å². The number of aliphatic carboxylic acids is 1. The first-order valence-electron chi connectivity index (χ1n) is 6.18. The van der Waals surface area contributed by atoms with Crippen LogP contribution in [-0.4, -0.2) is 57.1 Å². The Balaban J connectivity index is 2.62. The molecule has 1 heterocycles. The molecule has 1 aliphatic heterocycles. The Bertz CT molecular complexity index is 475. The summed E-state index contributed by atoms with van der Waals surface area (Å²) in [6, 6.07) is -0.854. The van der Waals surface area contributed by atoms with E-state index in [9.17, 15) is 18.0 Å². The van der Waals surface area contributed by atoms with E-state index in [0.717, 1.165) is 0 Å². The molecule has 0 spiro atoms. The maximum absolute atomic E-state index is 11.8. The van der Waals surface area contributed by atoms with Crippen molar-refractivity contribution in [3.8, 4) is 0 Å². The van der Waals surface area contributed by atoms with Gasteiger partial charge in [-0.15, -0.1) is 0 Å². The van der Waals surface area contributed by atoms with Crippen LogP contribution < -0.4 is 4.72 Å². The molecule has 0 saturated carbocycles. The minimum absolute atomic E-state index is 0.0125. The van der Waals surface area contributed by atoms with Crippen LogP contribution in [0, 0.1) is 5.41 Å². The maximum atomic E-state index is 11.8. The fraction of sp³-hybridized carbons (Fsp3) is 0.818. The lowest BCUT2D eigenvalue weighted by Crippen LogP contribution is -2.50. The van der Waals surface area contributed by atoms with Crippen molar-refractivity contribution in [3.05, 3.63) is 0 Å². The number of esters is 1. The normalized spacial score (nSPS) is 26.4. The summed E-state index contributed by atoms with van der Waals surface area (Å²) < 4.78 is 35.6. The van der Waals surface area contributed by atoms with Crippen molar-refractivity contribution in [2.75, 3.05) is 25.6 Å². The summed E-state index contributed by atoms with van der Waals surface area (Å²) in [6.07, 6.45) is -0.277. The molecule has 0 aromatic heterocycles. The molecule has 0 amide bonds. The highest BCUT2D eigenvalue weighted by Crippen LogP contribution is 2.29. The van der Waals surface area contributed by atoms with Crippen LogP contribution in [0.15, 0.2) is 0 Å². The van der Waals surface area contributed by atoms with E-state index in [-0.39, 0.29) is 26.2 Å². The SMILES string of the molecule is CCOC(=O)CCS(=O)(=O)NC1COCC1(C)C(=O)O. The lowest BCUT2D eigenvalue weighted by atomic mass is 9.86. The first-order valence-corrected chi connectivity index (χ1v) is 7.83. The Morgan fingerprint density at radius 1 is 1.50 bits per heavy atom. The highest BCUT2D eigenvalue weighted by Gasteiger charge is 2.48. The molecule has 0 aliphatic carbocycles. The Hall–Kier alpha value is -1.19. The number of nitrogens with one attached hydrogen (secondary N) is 1. The van der Waals surface area contributed by atoms with Gasteiger partial charge >= 0.3 is 11.9 Å². The van der Waals surface area contributed by atoms with E-state index in [1.165, 1.54) is 6.92 Å². The largest absolute Gasteiger partial charge is 0.481 e. The van der Waals surface area contributed by atoms with Crippen LogP contribution in [0.1, 0.15) is 20.3 Å². The number of carbonyl (C=O) groups is 2. The maximum Gasteiger partial charge on any atom is 0.313 e. The smallest absolute Gasteiger partial charge is 0.313 e. The van der Waals surface area contributed by atoms with E-state index in [4.69, 9.17) is 9.84 Å². The van der Waals surface area contributed by atoms with Crippen molar-refractivity contribution in [1.29, 1.82) is 0 Å². The van der Waals surface area contributed by atoms with Gasteiger partial charge in [-0.3, -0.25) is 9.59 Å². The second-order valence-corrected chi connectivity index (χ2v) is 6.66. The number of hydrogen-bond donors (Lipinski definition) is 2. The third-order valence-corrected chi connectivity index (χ3v) is 4.53. The molecule has 1 aliphatic rings. The summed E-state index contributed by atoms with van der Waals surface area (Å²) in [7, 11) is -3.78. The lowest BCUT2D eigenvalue weighted by molar-refractivity contribution is -0.148. The molecular formula is C11H19NO7S. The Morgan fingerprint density at radius 2 is 2.15 bits per heavy atom. The molecule has 8 nitrogen and oxygen atoms in total. The number of carboxylic acid groups (broad SMARTS) is 1. The first kappa shape index (κ1) is 16.9. The number of hydrogen-bond acceptors (Lipinski definition) is 6. The minimum Gasteiger partial charge on any atom is -0.481 e. The minimum atomic E-state index is -3.78. The summed E-state index contributed by atoms with van der Waals surface area (Å²) in [5, 5.41) is 9.14. The summed E-state index contributed by atoms with van der Waals surface area (Å²) in [4.78, 5) is 22.3. The molecule has 0 aromatic carbocycles. The molecule has 2 atom stereocenters. The van der Waals surface area contributed by atoms with Gasteiger partial charge in [-0.05, 0) is 13.8 Å². The van der Waals surface area contributed by atoms with Crippen molar-refractivity contribution in [1.82, 2.24) is 4.72 Å². The predicted octanol–water partition coefficient (Wildman–Crippen LogP) is -0.651. The summed E-state index contributed by atoms with van der Waals surface area (Å²) in [5.74, 6) is -2.19. The molecule has 0 aromatic rings. The van der Waals surface area contributed by atoms with E-state index in [0.29, 0.717) is 0 Å². The monoisotopic (exact) mass is 309 g/mol. The summed E-state index contributed by atoms with van der Waals surface area (Å²) in [5.41, 5.74) is -1.31. The molecule has 0 bridgehead atoms. The molecule has 1 saturated heterocycles. The molecule has 116 valence electrons. The number of rotatable bonds is 7. The third kappa shape index (κ3) is 4.15. The van der Waals surface area contributed by atoms with Gasteiger partial charge in [0.05, 0.1) is 38.0 Å². The average molecular weight is 309 g/mol. The molecule has 0 radical (unpaired) electrons. The highest BCUT2D eigenvalue weighted by atomic mass is 32.2. The van der Waals surface area contributed by atoms with Crippen LogP contribution in [0.2, 0.25) is 0 Å². The van der Waals surface area contributed by atoms with Crippen LogP contribution in [-0.2, 0) is 29.1 Å². The van der Waals surface area contributed by atoms with Gasteiger partial charge in [-0.25, -0.2) is 13.1 Å². The lowest BCUT2D eigenvalue weighted by Gasteiger charge is -2.25. The second kappa shape index (κ2) is 6.51. The molecule has 2 unspecified atom stereocenters. The van der Waals surface area contributed by atoms with E-state index in [1.54, 1.807) is 6.92 Å². The van der Waals surface area contributed by atoms with E-state index in [2.05, 4.69) is 9.46 Å². The third-order valence-electron chi connectivity index (χ3n) is 3.15. The fourth-order valence-corrected chi connectivity index (χ4v) is 3.09. The molecule has 1 rings (SSSR count). The molecular weight excluding hydrogens is 290 g/mol. The van der Waals surface area contributed by atoms with Crippen LogP contribution in [0.25, 0.3) is 0 Å². The van der Waals surface area contributed by atoms with Gasteiger partial charge in [0.25, 0.3) is 0 Å². The number of sulfonamides is 1. The first-order chi connectivity index (χ1) is 9.21. The van der Waals surface area contributed by atoms with E-state index >= 15 is 0 Å². The van der Waals surface area contributed by atoms with Crippen molar-refractivity contribution in [2.45, 2.75) is 26.3 Å². The van der Waals surface area contributed by atoms with Gasteiger partial charge in [-0.1, -0.05) is 0 Å². The zero-order valence-corrected chi connectivity index (χ0v) is 12.2. The predicted molar refractivity (Wildman–Crippen MR) is 68.5 cm³/mol. The Kier molecular flexibility index (Phi) is 5.49. The van der Waals surface area contributed by atoms with E-state index < -0.39 is 39.2 Å². The van der Waals surface area contributed by atoms with Crippen molar-refractivity contribution < 1.29 is 32.6 Å². The highest BCUT2D eigenvalue weighted by molar-refractivity contribution is 7.89. The number of ether oxygens (including phenoxy) is 2. The standard InChI is InChI=1S/C11H19NO7S/c1-3-19-9(13)4-5-20(16,17)12-8-6-18-7-11(8,2)10(14)15/h8,12H,3-7H2,1-2H3,(H,14,15). The second-order valence-electron chi connectivity index (χ2n) is 4.78. The van der Waals surface area contributed by atoms with Crippen molar-refractivity contribution in [3.63, 3.8) is 0 Å². The molecule has 1 fully saturated rings. The van der Waals surface area contributed by atoms with Gasteiger partial charge in [0, 0.05) is 0 Å². The quantitative estimate of drug-likeness (QED) is 0.600. The van der Waals surface area contributed by atoms with E-state index in [1.807, 2.05) is 0 Å². The molecule has 9 heteroatoms. The van der Waals surface area contributed by atoms with Crippen molar-refractivity contribution in [2.24, 2.45) is 5.41 Å². The number of carbonyl (C=O) groups excluding carboxylic acids is 1. The Morgan fingerprint density at radius 3 is 2.70 bits per heavy atom. The van der Waals surface area contributed by atoms with Crippen molar-refractivity contribution >= 4 is 22.0 Å². The van der Waals surface area contributed by atoms with Crippen LogP contribution in [0.3, 0.4) is 0 Å². The Labute approximate surface area is 117 Å². The number of carboxylic acids is 1. The van der Waals surface area contributed by atoms with Gasteiger partial charge in [0.2, 0.25) is 10.0 Å². The zero-order chi connectivity index (χ0) is 15.4. The van der Waals surface area contributed by atoms with Gasteiger partial charge in [0.15, 0.2) is 0 Å². The van der Waals surface area contributed by atoms with Gasteiger partial charge < -0.3 is 14.6 Å². The summed E-state index contributed by atoms with van der Waals surface area (Å²) >= 11 is 0. The molecule has 20 heavy (non-hydrogen) atoms. The topological polar surface area (TPSA) is 119 Å².